The molecule has 1 aliphatic rings. The van der Waals surface area contributed by atoms with E-state index in [2.05, 4.69) is 25.9 Å². The van der Waals surface area contributed by atoms with Crippen LogP contribution in [0.15, 0.2) is 66.0 Å². The van der Waals surface area contributed by atoms with Crippen LogP contribution in [0, 0.1) is 0 Å². The molecule has 2 aromatic carbocycles. The fourth-order valence-electron chi connectivity index (χ4n) is 4.04. The van der Waals surface area contributed by atoms with Gasteiger partial charge in [0.15, 0.2) is 5.78 Å². The highest BCUT2D eigenvalue weighted by Gasteiger charge is 2.27. The van der Waals surface area contributed by atoms with Crippen molar-refractivity contribution in [2.75, 3.05) is 19.3 Å². The molecule has 10 heteroatoms. The molecular weight excluding hydrogens is 478 g/mol. The molecule has 0 radical (unpaired) electrons. The number of ketones is 1. The molecule has 1 aliphatic heterocycles. The Morgan fingerprint density at radius 2 is 1.75 bits per heavy atom. The van der Waals surface area contributed by atoms with E-state index in [-0.39, 0.29) is 46.7 Å². The second kappa shape index (κ2) is 11.8. The smallest absolute Gasteiger partial charge is 0.270 e. The zero-order valence-electron chi connectivity index (χ0n) is 19.7. The van der Waals surface area contributed by atoms with E-state index in [9.17, 15) is 19.5 Å². The number of aromatic nitrogens is 2. The van der Waals surface area contributed by atoms with Crippen molar-refractivity contribution in [1.82, 2.24) is 25.9 Å². The van der Waals surface area contributed by atoms with Crippen LogP contribution in [0.5, 0.6) is 5.75 Å². The van der Waals surface area contributed by atoms with Gasteiger partial charge in [-0.1, -0.05) is 12.1 Å². The summed E-state index contributed by atoms with van der Waals surface area (Å²) in [5.74, 6) is -1.04. The lowest BCUT2D eigenvalue weighted by atomic mass is 10.00. The second-order valence-corrected chi connectivity index (χ2v) is 9.27. The van der Waals surface area contributed by atoms with Crippen LogP contribution >= 0.6 is 11.8 Å². The number of amides is 2. The molecular formula is C26H27N5O4S. The van der Waals surface area contributed by atoms with Crippen LogP contribution in [-0.2, 0) is 0 Å². The summed E-state index contributed by atoms with van der Waals surface area (Å²) >= 11 is 1.48. The fourth-order valence-corrected chi connectivity index (χ4v) is 4.48. The Morgan fingerprint density at radius 3 is 2.47 bits per heavy atom. The largest absolute Gasteiger partial charge is 0.507 e. The second-order valence-electron chi connectivity index (χ2n) is 8.39. The monoisotopic (exact) mass is 505 g/mol. The first kappa shape index (κ1) is 25.3. The van der Waals surface area contributed by atoms with Gasteiger partial charge in [-0.3, -0.25) is 14.4 Å². The average molecular weight is 506 g/mol. The van der Waals surface area contributed by atoms with E-state index in [0.717, 1.165) is 17.9 Å². The first-order valence-corrected chi connectivity index (χ1v) is 12.8. The Morgan fingerprint density at radius 1 is 1.00 bits per heavy atom. The van der Waals surface area contributed by atoms with E-state index in [1.165, 1.54) is 36.4 Å². The Balaban J connectivity index is 1.45. The molecule has 186 valence electrons. The summed E-state index contributed by atoms with van der Waals surface area (Å²) in [4.78, 5) is 47.2. The van der Waals surface area contributed by atoms with E-state index in [4.69, 9.17) is 0 Å². The lowest BCUT2D eigenvalue weighted by Crippen LogP contribution is -2.54. The molecule has 0 saturated carbocycles. The van der Waals surface area contributed by atoms with E-state index in [1.807, 2.05) is 6.26 Å². The molecule has 0 aliphatic carbocycles. The van der Waals surface area contributed by atoms with E-state index >= 15 is 0 Å². The molecule has 1 aromatic heterocycles. The van der Waals surface area contributed by atoms with Gasteiger partial charge in [-0.2, -0.15) is 0 Å². The summed E-state index contributed by atoms with van der Waals surface area (Å²) in [6, 6.07) is 12.1. The fraction of sp³-hybridized carbons (Fsp3) is 0.269. The van der Waals surface area contributed by atoms with E-state index in [1.54, 1.807) is 36.4 Å². The number of hydrogen-bond acceptors (Lipinski definition) is 8. The number of nitrogens with zero attached hydrogens (tertiary/aromatic N) is 2. The number of benzene rings is 2. The molecule has 4 N–H and O–H groups in total. The number of thioether (sulfide) groups is 1. The van der Waals surface area contributed by atoms with Crippen LogP contribution < -0.4 is 16.0 Å². The predicted octanol–water partition coefficient (Wildman–Crippen LogP) is 2.42. The van der Waals surface area contributed by atoms with Crippen LogP contribution in [0.25, 0.3) is 0 Å². The molecule has 36 heavy (non-hydrogen) atoms. The van der Waals surface area contributed by atoms with Crippen LogP contribution in [0.2, 0.25) is 0 Å². The first-order valence-electron chi connectivity index (χ1n) is 11.6. The molecule has 3 aromatic rings. The Bertz CT molecular complexity index is 1240. The molecule has 1 saturated heterocycles. The highest BCUT2D eigenvalue weighted by atomic mass is 32.2. The van der Waals surface area contributed by atoms with Crippen LogP contribution in [0.1, 0.15) is 49.6 Å². The highest BCUT2D eigenvalue weighted by molar-refractivity contribution is 7.98. The number of aromatic hydroxyl groups is 1. The number of carbonyl (C=O) groups is 3. The molecule has 2 atom stereocenters. The van der Waals surface area contributed by atoms with Crippen molar-refractivity contribution in [1.29, 1.82) is 0 Å². The lowest BCUT2D eigenvalue weighted by Gasteiger charge is -2.27. The minimum absolute atomic E-state index is 0.0864. The van der Waals surface area contributed by atoms with Crippen LogP contribution in [0.3, 0.4) is 0 Å². The van der Waals surface area contributed by atoms with Gasteiger partial charge >= 0.3 is 0 Å². The van der Waals surface area contributed by atoms with Gasteiger partial charge in [-0.05, 0) is 62.0 Å². The summed E-state index contributed by atoms with van der Waals surface area (Å²) in [6.45, 7) is 1.29. The number of phenolic OH excluding ortho intramolecular Hbond substituents is 1. The molecule has 0 unspecified atom stereocenters. The van der Waals surface area contributed by atoms with Crippen molar-refractivity contribution in [3.05, 3.63) is 83.4 Å². The maximum absolute atomic E-state index is 13.0. The molecule has 1 fully saturated rings. The normalized spacial score (nSPS) is 17.6. The maximum atomic E-state index is 13.0. The molecule has 0 bridgehead atoms. The van der Waals surface area contributed by atoms with Crippen LogP contribution in [-0.4, -0.2) is 64.1 Å². The van der Waals surface area contributed by atoms with Gasteiger partial charge in [-0.15, -0.1) is 11.8 Å². The van der Waals surface area contributed by atoms with Crippen LogP contribution in [0.4, 0.5) is 0 Å². The standard InChI is InChI=1S/C26H27N5O4S/c1-36-18-8-9-23(32)19(13-18)24(33)16-4-6-17(7-5-16)25(34)30-20-3-2-11-27-14-22(20)31-26(35)21-10-12-28-15-29-21/h4-10,12-13,15,20,22,27,32H,2-3,11,14H2,1H3,(H,30,34)(H,31,35)/t20-,22-/m1/s1. The third-order valence-electron chi connectivity index (χ3n) is 6.02. The van der Waals surface area contributed by atoms with Crippen molar-refractivity contribution in [2.45, 2.75) is 29.8 Å². The number of phenols is 1. The van der Waals surface area contributed by atoms with Crippen molar-refractivity contribution in [3.8, 4) is 5.75 Å². The third kappa shape index (κ3) is 6.07. The summed E-state index contributed by atoms with van der Waals surface area (Å²) in [5.41, 5.74) is 1.24. The van der Waals surface area contributed by atoms with Gasteiger partial charge in [-0.25, -0.2) is 9.97 Å². The molecule has 2 heterocycles. The van der Waals surface area contributed by atoms with Gasteiger partial charge in [0.1, 0.15) is 17.8 Å². The molecule has 0 spiro atoms. The van der Waals surface area contributed by atoms with Gasteiger partial charge in [0.25, 0.3) is 11.8 Å². The number of carbonyl (C=O) groups excluding carboxylic acids is 3. The zero-order valence-corrected chi connectivity index (χ0v) is 20.5. The number of nitrogens with one attached hydrogen (secondary N) is 3. The maximum Gasteiger partial charge on any atom is 0.270 e. The summed E-state index contributed by atoms with van der Waals surface area (Å²) in [6.07, 6.45) is 6.24. The van der Waals surface area contributed by atoms with Crippen molar-refractivity contribution in [2.24, 2.45) is 0 Å². The Labute approximate surface area is 213 Å². The zero-order chi connectivity index (χ0) is 25.5. The van der Waals surface area contributed by atoms with Crippen molar-refractivity contribution in [3.63, 3.8) is 0 Å². The first-order chi connectivity index (χ1) is 17.5. The number of rotatable bonds is 7. The predicted molar refractivity (Wildman–Crippen MR) is 136 cm³/mol. The van der Waals surface area contributed by atoms with Gasteiger partial charge in [0.05, 0.1) is 17.6 Å². The molecule has 9 nitrogen and oxygen atoms in total. The molecule has 2 amide bonds. The average Bonchev–Trinajstić information content (AvgIpc) is 3.13. The van der Waals surface area contributed by atoms with Crippen molar-refractivity contribution < 1.29 is 19.5 Å². The van der Waals surface area contributed by atoms with Crippen molar-refractivity contribution >= 4 is 29.4 Å². The minimum Gasteiger partial charge on any atom is -0.507 e. The van der Waals surface area contributed by atoms with E-state index < -0.39 is 0 Å². The lowest BCUT2D eigenvalue weighted by molar-refractivity contribution is 0.0880. The number of hydrogen-bond donors (Lipinski definition) is 4. The summed E-state index contributed by atoms with van der Waals surface area (Å²) in [5, 5.41) is 19.4. The Kier molecular flexibility index (Phi) is 8.29. The van der Waals surface area contributed by atoms with Gasteiger partial charge in [0, 0.05) is 28.8 Å². The topological polar surface area (TPSA) is 133 Å². The Hall–Kier alpha value is -3.76. The highest BCUT2D eigenvalue weighted by Crippen LogP contribution is 2.26. The third-order valence-corrected chi connectivity index (χ3v) is 6.75. The van der Waals surface area contributed by atoms with Gasteiger partial charge < -0.3 is 21.1 Å². The SMILES string of the molecule is CSc1ccc(O)c(C(=O)c2ccc(C(=O)N[C@@H]3CCCNC[C@H]3NC(=O)c3ccncn3)cc2)c1. The van der Waals surface area contributed by atoms with E-state index in [0.29, 0.717) is 24.1 Å². The quantitative estimate of drug-likeness (QED) is 0.284. The summed E-state index contributed by atoms with van der Waals surface area (Å²) in [7, 11) is 0. The summed E-state index contributed by atoms with van der Waals surface area (Å²) < 4.78 is 0. The molecule has 4 rings (SSSR count). The minimum atomic E-state index is -0.331. The van der Waals surface area contributed by atoms with Gasteiger partial charge in [0.2, 0.25) is 0 Å².